The molecule has 1 aromatic heterocycles. The molecule has 1 amide bonds. The lowest BCUT2D eigenvalue weighted by Crippen LogP contribution is -2.38. The molecule has 2 aromatic carbocycles. The van der Waals surface area contributed by atoms with Gasteiger partial charge in [0, 0.05) is 25.6 Å². The zero-order valence-electron chi connectivity index (χ0n) is 18.2. The van der Waals surface area contributed by atoms with Gasteiger partial charge in [-0.05, 0) is 37.3 Å². The summed E-state index contributed by atoms with van der Waals surface area (Å²) in [5.41, 5.74) is 7.44. The number of hydrogen-bond acceptors (Lipinski definition) is 5. The molecule has 3 rings (SSSR count). The fourth-order valence-corrected chi connectivity index (χ4v) is 3.99. The third kappa shape index (κ3) is 6.01. The highest BCUT2D eigenvalue weighted by Crippen LogP contribution is 2.32. The largest absolute Gasteiger partial charge is 0.354 e. The zero-order valence-corrected chi connectivity index (χ0v) is 19.0. The number of aryl methyl sites for hydroxylation is 1. The summed E-state index contributed by atoms with van der Waals surface area (Å²) in [7, 11) is -3.96. The topological polar surface area (TPSA) is 119 Å². The van der Waals surface area contributed by atoms with E-state index < -0.39 is 34.1 Å². The van der Waals surface area contributed by atoms with Crippen molar-refractivity contribution in [2.24, 2.45) is 5.73 Å². The highest BCUT2D eigenvalue weighted by atomic mass is 32.2. The molecule has 0 saturated carbocycles. The van der Waals surface area contributed by atoms with Gasteiger partial charge in [0.05, 0.1) is 22.8 Å². The Morgan fingerprint density at radius 2 is 1.76 bits per heavy atom. The summed E-state index contributed by atoms with van der Waals surface area (Å²) in [5, 5.41) is 6.53. The lowest BCUT2D eigenvalue weighted by molar-refractivity contribution is -0.119. The molecule has 11 heteroatoms. The molecule has 4 N–H and O–H groups in total. The number of nitrogens with zero attached hydrogens (tertiary/aromatic N) is 2. The summed E-state index contributed by atoms with van der Waals surface area (Å²) in [6.07, 6.45) is 0. The van der Waals surface area contributed by atoms with Gasteiger partial charge in [0.25, 0.3) is 5.92 Å². The number of rotatable bonds is 9. The van der Waals surface area contributed by atoms with E-state index in [1.807, 2.05) is 19.1 Å². The van der Waals surface area contributed by atoms with Crippen LogP contribution in [0.5, 0.6) is 0 Å². The van der Waals surface area contributed by atoms with Crippen LogP contribution in [-0.4, -0.2) is 43.7 Å². The maximum absolute atomic E-state index is 14.0. The number of alkyl halides is 2. The van der Waals surface area contributed by atoms with E-state index in [0.717, 1.165) is 12.5 Å². The first-order valence-corrected chi connectivity index (χ1v) is 11.6. The Kier molecular flexibility index (Phi) is 7.25. The molecule has 0 radical (unpaired) electrons. The van der Waals surface area contributed by atoms with E-state index >= 15 is 0 Å². The number of benzene rings is 2. The maximum Gasteiger partial charge on any atom is 0.288 e. The van der Waals surface area contributed by atoms with Crippen LogP contribution in [-0.2, 0) is 20.7 Å². The molecule has 0 bridgehead atoms. The van der Waals surface area contributed by atoms with Crippen LogP contribution in [0.1, 0.15) is 18.2 Å². The quantitative estimate of drug-likeness (QED) is 0.437. The fraction of sp³-hybridized carbons (Fsp3) is 0.273. The second-order valence-electron chi connectivity index (χ2n) is 7.54. The lowest BCUT2D eigenvalue weighted by Gasteiger charge is -2.10. The van der Waals surface area contributed by atoms with Gasteiger partial charge in [-0.25, -0.2) is 17.8 Å². The van der Waals surface area contributed by atoms with E-state index in [1.54, 1.807) is 12.1 Å². The first-order chi connectivity index (χ1) is 15.5. The van der Waals surface area contributed by atoms with Crippen molar-refractivity contribution in [3.05, 3.63) is 65.9 Å². The minimum absolute atomic E-state index is 0.0806. The summed E-state index contributed by atoms with van der Waals surface area (Å²) in [6.45, 7) is 2.73. The van der Waals surface area contributed by atoms with E-state index in [-0.39, 0.29) is 18.0 Å². The fourth-order valence-electron chi connectivity index (χ4n) is 3.01. The van der Waals surface area contributed by atoms with Crippen molar-refractivity contribution in [3.63, 3.8) is 0 Å². The third-order valence-corrected chi connectivity index (χ3v) is 6.20. The van der Waals surface area contributed by atoms with Crippen molar-refractivity contribution in [1.82, 2.24) is 19.8 Å². The van der Waals surface area contributed by atoms with Gasteiger partial charge in [0.15, 0.2) is 0 Å². The smallest absolute Gasteiger partial charge is 0.288 e. The molecule has 8 nitrogen and oxygen atoms in total. The molecule has 1 heterocycles. The molecule has 0 aliphatic heterocycles. The number of carbonyl (C=O) groups excluding carboxylic acids is 1. The molecule has 176 valence electrons. The van der Waals surface area contributed by atoms with Crippen LogP contribution in [0.2, 0.25) is 0 Å². The number of nitrogens with two attached hydrogens (primary N) is 1. The highest BCUT2D eigenvalue weighted by Gasteiger charge is 2.30. The SMILES string of the molecule is Cc1ccc(-c2cc(C(C)(F)F)nn2-c2ccc(S(=O)(=O)NCC(=O)NCCN)cc2)cc1. The predicted molar refractivity (Wildman–Crippen MR) is 121 cm³/mol. The molecule has 33 heavy (non-hydrogen) atoms. The number of carbonyl (C=O) groups is 1. The van der Waals surface area contributed by atoms with Crippen molar-refractivity contribution < 1.29 is 22.0 Å². The van der Waals surface area contributed by atoms with Gasteiger partial charge in [-0.3, -0.25) is 4.79 Å². The second-order valence-corrected chi connectivity index (χ2v) is 9.31. The first kappa shape index (κ1) is 24.5. The highest BCUT2D eigenvalue weighted by molar-refractivity contribution is 7.89. The number of hydrogen-bond donors (Lipinski definition) is 3. The number of nitrogens with one attached hydrogen (secondary N) is 2. The third-order valence-electron chi connectivity index (χ3n) is 4.79. The summed E-state index contributed by atoms with van der Waals surface area (Å²) in [4.78, 5) is 11.5. The van der Waals surface area contributed by atoms with Gasteiger partial charge in [-0.15, -0.1) is 0 Å². The summed E-state index contributed by atoms with van der Waals surface area (Å²) < 4.78 is 56.5. The van der Waals surface area contributed by atoms with E-state index in [2.05, 4.69) is 15.1 Å². The Labute approximate surface area is 190 Å². The monoisotopic (exact) mass is 477 g/mol. The van der Waals surface area contributed by atoms with E-state index in [1.165, 1.54) is 35.0 Å². The van der Waals surface area contributed by atoms with Gasteiger partial charge in [0.2, 0.25) is 15.9 Å². The molecule has 0 atom stereocenters. The minimum Gasteiger partial charge on any atom is -0.354 e. The van der Waals surface area contributed by atoms with Crippen molar-refractivity contribution in [1.29, 1.82) is 0 Å². The van der Waals surface area contributed by atoms with Crippen molar-refractivity contribution in [2.45, 2.75) is 24.7 Å². The van der Waals surface area contributed by atoms with Gasteiger partial charge >= 0.3 is 0 Å². The zero-order chi connectivity index (χ0) is 24.2. The van der Waals surface area contributed by atoms with Crippen LogP contribution in [0.4, 0.5) is 8.78 Å². The van der Waals surface area contributed by atoms with E-state index in [4.69, 9.17) is 5.73 Å². The van der Waals surface area contributed by atoms with E-state index in [9.17, 15) is 22.0 Å². The average molecular weight is 478 g/mol. The Hall–Kier alpha value is -3.15. The maximum atomic E-state index is 14.0. The van der Waals surface area contributed by atoms with Crippen LogP contribution in [0.3, 0.4) is 0 Å². The van der Waals surface area contributed by atoms with E-state index in [0.29, 0.717) is 16.9 Å². The van der Waals surface area contributed by atoms with Crippen molar-refractivity contribution >= 4 is 15.9 Å². The molecule has 0 aliphatic rings. The van der Waals surface area contributed by atoms with Gasteiger partial charge in [-0.1, -0.05) is 29.8 Å². The average Bonchev–Trinajstić information content (AvgIpc) is 3.23. The molecular formula is C22H25F2N5O3S. The molecule has 0 unspecified atom stereocenters. The molecular weight excluding hydrogens is 452 g/mol. The van der Waals surface area contributed by atoms with Crippen molar-refractivity contribution in [2.75, 3.05) is 19.6 Å². The normalized spacial score (nSPS) is 12.0. The lowest BCUT2D eigenvalue weighted by atomic mass is 10.1. The predicted octanol–water partition coefficient (Wildman–Crippen LogP) is 2.31. The summed E-state index contributed by atoms with van der Waals surface area (Å²) in [5.74, 6) is -3.66. The van der Waals surface area contributed by atoms with Crippen LogP contribution < -0.4 is 15.8 Å². The summed E-state index contributed by atoms with van der Waals surface area (Å²) in [6, 6.07) is 14.2. The number of sulfonamides is 1. The van der Waals surface area contributed by atoms with Crippen molar-refractivity contribution in [3.8, 4) is 16.9 Å². The summed E-state index contributed by atoms with van der Waals surface area (Å²) >= 11 is 0. The molecule has 3 aromatic rings. The second kappa shape index (κ2) is 9.77. The standard InChI is InChI=1S/C22H25F2N5O3S/c1-15-3-5-16(6-4-15)19-13-20(22(2,23)24)28-29(19)17-7-9-18(10-8-17)33(31,32)27-14-21(30)26-12-11-25/h3-10,13,27H,11-12,14,25H2,1-2H3,(H,26,30). The van der Waals surface area contributed by atoms with Gasteiger partial charge in [0.1, 0.15) is 5.69 Å². The van der Waals surface area contributed by atoms with Gasteiger partial charge in [-0.2, -0.15) is 13.9 Å². The minimum atomic E-state index is -3.96. The van der Waals surface area contributed by atoms with Crippen LogP contribution in [0.25, 0.3) is 16.9 Å². The molecule has 0 aliphatic carbocycles. The van der Waals surface area contributed by atoms with Crippen LogP contribution in [0.15, 0.2) is 59.5 Å². The number of amides is 1. The van der Waals surface area contributed by atoms with Gasteiger partial charge < -0.3 is 11.1 Å². The Morgan fingerprint density at radius 3 is 2.33 bits per heavy atom. The first-order valence-electron chi connectivity index (χ1n) is 10.1. The number of halogens is 2. The Bertz CT molecular complexity index is 1220. The molecule has 0 spiro atoms. The number of aromatic nitrogens is 2. The van der Waals surface area contributed by atoms with Crippen LogP contribution >= 0.6 is 0 Å². The van der Waals surface area contributed by atoms with Crippen LogP contribution in [0, 0.1) is 6.92 Å². The Morgan fingerprint density at radius 1 is 1.12 bits per heavy atom. The Balaban J connectivity index is 1.90. The molecule has 0 saturated heterocycles. The molecule has 0 fully saturated rings.